The number of likely N-dealkylation sites (tertiary alicyclic amines) is 2. The summed E-state index contributed by atoms with van der Waals surface area (Å²) in [6.45, 7) is 8.94. The molecule has 5 N–H and O–H groups in total. The molecule has 1 unspecified atom stereocenters. The first-order valence-corrected chi connectivity index (χ1v) is 17.1. The number of hydrogen-bond donors (Lipinski definition) is 3. The standard InChI is InChI=1S/C35H50N8O4/c1-24-21-25(22-29(36)32(24)37)23-31(33(44)41-12-8-27(9-13-41)40-19-17-39(2)18-20-40)47-35(46)42-14-10-28(11-15-42)43-16-7-26-5-3-4-6-30(26)38-34(43)45/h3-6,21-22,27-28,31H,7-20,23,36-37H2,1-2H3,(H,38,45). The Kier molecular flexibility index (Phi) is 10.1. The smallest absolute Gasteiger partial charge is 0.410 e. The average Bonchev–Trinajstić information content (AvgIpc) is 3.25. The van der Waals surface area contributed by atoms with Gasteiger partial charge in [0.2, 0.25) is 0 Å². The van der Waals surface area contributed by atoms with Gasteiger partial charge < -0.3 is 41.1 Å². The van der Waals surface area contributed by atoms with Crippen molar-refractivity contribution in [2.24, 2.45) is 0 Å². The first-order valence-electron chi connectivity index (χ1n) is 17.1. The van der Waals surface area contributed by atoms with Crippen molar-refractivity contribution in [3.63, 3.8) is 0 Å². The van der Waals surface area contributed by atoms with Gasteiger partial charge in [0.15, 0.2) is 6.10 Å². The highest BCUT2D eigenvalue weighted by Gasteiger charge is 2.36. The predicted octanol–water partition coefficient (Wildman–Crippen LogP) is 3.00. The largest absolute Gasteiger partial charge is 0.436 e. The maximum absolute atomic E-state index is 14.0. The number of piperazine rings is 1. The summed E-state index contributed by atoms with van der Waals surface area (Å²) in [5.41, 5.74) is 16.9. The van der Waals surface area contributed by atoms with E-state index in [-0.39, 0.29) is 24.4 Å². The maximum atomic E-state index is 14.0. The van der Waals surface area contributed by atoms with Gasteiger partial charge in [-0.15, -0.1) is 0 Å². The number of carbonyl (C=O) groups is 3. The molecule has 4 amide bonds. The van der Waals surface area contributed by atoms with Crippen LogP contribution in [-0.4, -0.2) is 127 Å². The van der Waals surface area contributed by atoms with E-state index in [4.69, 9.17) is 16.2 Å². The van der Waals surface area contributed by atoms with E-state index in [2.05, 4.69) is 22.2 Å². The van der Waals surface area contributed by atoms with Crippen molar-refractivity contribution in [3.05, 3.63) is 53.1 Å². The van der Waals surface area contributed by atoms with Crippen LogP contribution in [0.1, 0.15) is 42.4 Å². The Balaban J connectivity index is 1.08. The second kappa shape index (κ2) is 14.4. The van der Waals surface area contributed by atoms with Gasteiger partial charge >= 0.3 is 12.1 Å². The van der Waals surface area contributed by atoms with Crippen LogP contribution in [0.5, 0.6) is 0 Å². The van der Waals surface area contributed by atoms with Gasteiger partial charge in [-0.25, -0.2) is 9.59 Å². The van der Waals surface area contributed by atoms with E-state index in [1.807, 2.05) is 47.1 Å². The van der Waals surface area contributed by atoms with Crippen molar-refractivity contribution in [3.8, 4) is 0 Å². The fourth-order valence-corrected chi connectivity index (χ4v) is 7.55. The maximum Gasteiger partial charge on any atom is 0.410 e. The van der Waals surface area contributed by atoms with E-state index in [0.717, 1.165) is 67.8 Å². The second-order valence-electron chi connectivity index (χ2n) is 13.6. The number of piperidine rings is 2. The van der Waals surface area contributed by atoms with E-state index in [1.54, 1.807) is 11.0 Å². The van der Waals surface area contributed by atoms with Crippen LogP contribution >= 0.6 is 0 Å². The number of nitrogens with zero attached hydrogens (tertiary/aromatic N) is 5. The molecule has 0 saturated carbocycles. The van der Waals surface area contributed by atoms with Crippen molar-refractivity contribution in [1.29, 1.82) is 0 Å². The Morgan fingerprint density at radius 2 is 1.55 bits per heavy atom. The Hall–Kier alpha value is -4.03. The van der Waals surface area contributed by atoms with Crippen LogP contribution in [0.25, 0.3) is 0 Å². The number of rotatable bonds is 6. The van der Waals surface area contributed by atoms with Gasteiger partial charge in [-0.1, -0.05) is 24.3 Å². The first-order chi connectivity index (χ1) is 22.7. The van der Waals surface area contributed by atoms with E-state index in [0.29, 0.717) is 63.0 Å². The second-order valence-corrected chi connectivity index (χ2v) is 13.6. The van der Waals surface area contributed by atoms with Crippen molar-refractivity contribution in [2.45, 2.75) is 63.6 Å². The van der Waals surface area contributed by atoms with Gasteiger partial charge in [0, 0.05) is 83.1 Å². The number of fused-ring (bicyclic) bond motifs is 1. The molecule has 0 aliphatic carbocycles. The molecule has 254 valence electrons. The van der Waals surface area contributed by atoms with Gasteiger partial charge in [0.1, 0.15) is 0 Å². The Morgan fingerprint density at radius 1 is 0.894 bits per heavy atom. The molecule has 3 saturated heterocycles. The lowest BCUT2D eigenvalue weighted by Crippen LogP contribution is -2.54. The number of anilines is 3. The summed E-state index contributed by atoms with van der Waals surface area (Å²) in [6, 6.07) is 12.0. The van der Waals surface area contributed by atoms with Crippen LogP contribution in [0.3, 0.4) is 0 Å². The molecule has 2 aromatic carbocycles. The number of nitrogens with one attached hydrogen (secondary N) is 1. The predicted molar refractivity (Wildman–Crippen MR) is 183 cm³/mol. The number of likely N-dealkylation sites (N-methyl/N-ethyl adjacent to an activating group) is 1. The summed E-state index contributed by atoms with van der Waals surface area (Å²) in [7, 11) is 2.16. The van der Waals surface area contributed by atoms with Crippen molar-refractivity contribution in [2.75, 3.05) is 82.7 Å². The zero-order chi connectivity index (χ0) is 33.1. The number of amides is 4. The van der Waals surface area contributed by atoms with E-state index >= 15 is 0 Å². The molecule has 4 heterocycles. The molecule has 12 heteroatoms. The molecule has 3 fully saturated rings. The van der Waals surface area contributed by atoms with Crippen LogP contribution < -0.4 is 16.8 Å². The summed E-state index contributed by atoms with van der Waals surface area (Å²) in [5, 5.41) is 3.05. The minimum absolute atomic E-state index is 0.0214. The Labute approximate surface area is 277 Å². The van der Waals surface area contributed by atoms with E-state index in [1.165, 1.54) is 0 Å². The molecule has 4 aliphatic rings. The molecule has 0 spiro atoms. The molecule has 1 atom stereocenters. The van der Waals surface area contributed by atoms with Gasteiger partial charge in [-0.2, -0.15) is 0 Å². The van der Waals surface area contributed by atoms with E-state index in [9.17, 15) is 14.4 Å². The lowest BCUT2D eigenvalue weighted by molar-refractivity contribution is -0.142. The third kappa shape index (κ3) is 7.59. The molecule has 47 heavy (non-hydrogen) atoms. The molecule has 6 rings (SSSR count). The minimum atomic E-state index is -0.974. The first kappa shape index (κ1) is 32.9. The molecular weight excluding hydrogens is 596 g/mol. The highest BCUT2D eigenvalue weighted by Crippen LogP contribution is 2.27. The number of ether oxygens (including phenoxy) is 1. The lowest BCUT2D eigenvalue weighted by Gasteiger charge is -2.42. The number of carbonyl (C=O) groups excluding carboxylic acids is 3. The lowest BCUT2D eigenvalue weighted by atomic mass is 9.99. The summed E-state index contributed by atoms with van der Waals surface area (Å²) in [4.78, 5) is 51.0. The summed E-state index contributed by atoms with van der Waals surface area (Å²) in [6.07, 6.45) is 2.64. The molecule has 0 bridgehead atoms. The molecule has 0 radical (unpaired) electrons. The van der Waals surface area contributed by atoms with Crippen molar-refractivity contribution >= 4 is 35.1 Å². The third-order valence-electron chi connectivity index (χ3n) is 10.6. The summed E-state index contributed by atoms with van der Waals surface area (Å²) in [5.74, 6) is -0.168. The average molecular weight is 647 g/mol. The van der Waals surface area contributed by atoms with Crippen molar-refractivity contribution < 1.29 is 19.1 Å². The quantitative estimate of drug-likeness (QED) is 0.407. The highest BCUT2D eigenvalue weighted by atomic mass is 16.6. The van der Waals surface area contributed by atoms with Crippen LogP contribution in [0.15, 0.2) is 36.4 Å². The number of aryl methyl sites for hydroxylation is 1. The number of hydrogen-bond acceptors (Lipinski definition) is 8. The number of urea groups is 1. The Bertz CT molecular complexity index is 1420. The van der Waals surface area contributed by atoms with Crippen molar-refractivity contribution in [1.82, 2.24) is 24.5 Å². The zero-order valence-corrected chi connectivity index (χ0v) is 27.8. The monoisotopic (exact) mass is 646 g/mol. The zero-order valence-electron chi connectivity index (χ0n) is 27.8. The van der Waals surface area contributed by atoms with Crippen LogP contribution in [0.2, 0.25) is 0 Å². The summed E-state index contributed by atoms with van der Waals surface area (Å²) >= 11 is 0. The van der Waals surface area contributed by atoms with Gasteiger partial charge in [-0.3, -0.25) is 9.69 Å². The number of nitrogen functional groups attached to an aromatic ring is 2. The molecular formula is C35H50N8O4. The van der Waals surface area contributed by atoms with Crippen LogP contribution in [0, 0.1) is 6.92 Å². The highest BCUT2D eigenvalue weighted by molar-refractivity contribution is 5.91. The third-order valence-corrected chi connectivity index (χ3v) is 10.6. The normalized spacial score (nSPS) is 21.1. The molecule has 4 aliphatic heterocycles. The number of para-hydroxylation sites is 1. The summed E-state index contributed by atoms with van der Waals surface area (Å²) < 4.78 is 6.05. The SMILES string of the molecule is Cc1cc(CC(OC(=O)N2CCC(N3CCc4ccccc4NC3=O)CC2)C(=O)N2CCC(N3CCN(C)CC3)CC2)cc(N)c1N. The fraction of sp³-hybridized carbons (Fsp3) is 0.571. The molecule has 2 aromatic rings. The molecule has 12 nitrogen and oxygen atoms in total. The van der Waals surface area contributed by atoms with Crippen LogP contribution in [-0.2, 0) is 22.4 Å². The molecule has 0 aromatic heterocycles. The van der Waals surface area contributed by atoms with Gasteiger partial charge in [0.25, 0.3) is 5.91 Å². The van der Waals surface area contributed by atoms with Gasteiger partial charge in [0.05, 0.1) is 11.4 Å². The van der Waals surface area contributed by atoms with Crippen LogP contribution in [0.4, 0.5) is 26.7 Å². The topological polar surface area (TPSA) is 141 Å². The Morgan fingerprint density at radius 3 is 2.26 bits per heavy atom. The van der Waals surface area contributed by atoms with E-state index < -0.39 is 12.2 Å². The minimum Gasteiger partial charge on any atom is -0.436 e. The van der Waals surface area contributed by atoms with Gasteiger partial charge in [-0.05, 0) is 74.9 Å². The number of nitrogens with two attached hydrogens (primary N) is 2. The number of benzene rings is 2. The fourth-order valence-electron chi connectivity index (χ4n) is 7.55.